The summed E-state index contributed by atoms with van der Waals surface area (Å²) < 4.78 is 18.4. The molecule has 4 nitrogen and oxygen atoms in total. The number of nitrogens with two attached hydrogens (primary N) is 1. The Labute approximate surface area is 113 Å². The number of amides is 1. The van der Waals surface area contributed by atoms with Crippen LogP contribution < -0.4 is 11.1 Å². The minimum atomic E-state index is -0.578. The number of hydrogen-bond acceptors (Lipinski definition) is 3. The summed E-state index contributed by atoms with van der Waals surface area (Å²) in [6, 6.07) is 4.05. The van der Waals surface area contributed by atoms with Crippen LogP contribution in [0.25, 0.3) is 0 Å². The van der Waals surface area contributed by atoms with Crippen LogP contribution in [0.3, 0.4) is 0 Å². The molecule has 5 heteroatoms. The predicted octanol–water partition coefficient (Wildman–Crippen LogP) is 3.06. The molecule has 0 heterocycles. The Bertz CT molecular complexity index is 453. The molecule has 0 saturated heterocycles. The van der Waals surface area contributed by atoms with Crippen molar-refractivity contribution in [3.8, 4) is 0 Å². The molecule has 0 aliphatic carbocycles. The van der Waals surface area contributed by atoms with Crippen LogP contribution in [0.15, 0.2) is 18.2 Å². The minimum Gasteiger partial charge on any atom is -0.444 e. The van der Waals surface area contributed by atoms with Gasteiger partial charge in [-0.25, -0.2) is 9.18 Å². The van der Waals surface area contributed by atoms with Crippen molar-refractivity contribution < 1.29 is 13.9 Å². The van der Waals surface area contributed by atoms with Gasteiger partial charge in [-0.15, -0.1) is 0 Å². The van der Waals surface area contributed by atoms with Crippen molar-refractivity contribution in [3.63, 3.8) is 0 Å². The van der Waals surface area contributed by atoms with E-state index < -0.39 is 11.7 Å². The summed E-state index contributed by atoms with van der Waals surface area (Å²) >= 11 is 0. The number of halogens is 1. The number of carbonyl (C=O) groups is 1. The quantitative estimate of drug-likeness (QED) is 0.885. The summed E-state index contributed by atoms with van der Waals surface area (Å²) in [6.07, 6.45) is -0.0897. The third kappa shape index (κ3) is 5.70. The van der Waals surface area contributed by atoms with E-state index in [1.807, 2.05) is 6.92 Å². The molecule has 106 valence electrons. The molecule has 19 heavy (non-hydrogen) atoms. The molecular formula is C14H21FN2O2. The lowest BCUT2D eigenvalue weighted by Crippen LogP contribution is -2.28. The maximum absolute atomic E-state index is 13.2. The standard InChI is InChI=1S/C14H21FN2O2/c1-9(16)7-10-8-11(15)5-6-12(10)17-13(18)19-14(2,3)4/h5-6,8-9H,7,16H2,1-4H3,(H,17,18)/t9-/m0/s1. The van der Waals surface area contributed by atoms with Crippen LogP contribution >= 0.6 is 0 Å². The first-order valence-corrected chi connectivity index (χ1v) is 6.21. The Morgan fingerprint density at radius 2 is 2.11 bits per heavy atom. The van der Waals surface area contributed by atoms with Crippen molar-refractivity contribution in [2.24, 2.45) is 5.73 Å². The van der Waals surface area contributed by atoms with Crippen LogP contribution in [0.5, 0.6) is 0 Å². The zero-order valence-corrected chi connectivity index (χ0v) is 11.8. The molecule has 0 aromatic heterocycles. The largest absolute Gasteiger partial charge is 0.444 e. The van der Waals surface area contributed by atoms with Gasteiger partial charge in [-0.2, -0.15) is 0 Å². The second-order valence-corrected chi connectivity index (χ2v) is 5.61. The molecule has 1 aromatic rings. The van der Waals surface area contributed by atoms with Gasteiger partial charge in [0.15, 0.2) is 0 Å². The number of anilines is 1. The number of carbonyl (C=O) groups excluding carboxylic acids is 1. The van der Waals surface area contributed by atoms with Gasteiger partial charge in [0.2, 0.25) is 0 Å². The normalized spacial score (nSPS) is 12.9. The Balaban J connectivity index is 2.85. The van der Waals surface area contributed by atoms with Crippen LogP contribution in [-0.4, -0.2) is 17.7 Å². The number of hydrogen-bond donors (Lipinski definition) is 2. The molecular weight excluding hydrogens is 247 g/mol. The molecule has 0 aliphatic heterocycles. The molecule has 0 bridgehead atoms. The third-order valence-electron chi connectivity index (χ3n) is 2.24. The molecule has 1 aromatic carbocycles. The molecule has 1 atom stereocenters. The zero-order valence-electron chi connectivity index (χ0n) is 11.8. The van der Waals surface area contributed by atoms with Gasteiger partial charge in [0.25, 0.3) is 0 Å². The summed E-state index contributed by atoms with van der Waals surface area (Å²) in [5, 5.41) is 2.62. The maximum atomic E-state index is 13.2. The second kappa shape index (κ2) is 6.02. The van der Waals surface area contributed by atoms with Crippen molar-refractivity contribution in [2.45, 2.75) is 45.8 Å². The first kappa shape index (κ1) is 15.4. The fourth-order valence-electron chi connectivity index (χ4n) is 1.61. The second-order valence-electron chi connectivity index (χ2n) is 5.61. The van der Waals surface area contributed by atoms with Gasteiger partial charge in [-0.1, -0.05) is 0 Å². The van der Waals surface area contributed by atoms with Crippen molar-refractivity contribution >= 4 is 11.8 Å². The Morgan fingerprint density at radius 3 is 2.63 bits per heavy atom. The third-order valence-corrected chi connectivity index (χ3v) is 2.24. The van der Waals surface area contributed by atoms with Gasteiger partial charge in [0.05, 0.1) is 0 Å². The fraction of sp³-hybridized carbons (Fsp3) is 0.500. The topological polar surface area (TPSA) is 64.3 Å². The monoisotopic (exact) mass is 268 g/mol. The van der Waals surface area contributed by atoms with Gasteiger partial charge in [-0.3, -0.25) is 5.32 Å². The highest BCUT2D eigenvalue weighted by Gasteiger charge is 2.17. The molecule has 0 unspecified atom stereocenters. The summed E-state index contributed by atoms with van der Waals surface area (Å²) in [7, 11) is 0. The Kier molecular flexibility index (Phi) is 4.89. The summed E-state index contributed by atoms with van der Waals surface area (Å²) in [5.74, 6) is -0.356. The molecule has 0 spiro atoms. The molecule has 0 aliphatic rings. The number of nitrogens with one attached hydrogen (secondary N) is 1. The molecule has 0 radical (unpaired) electrons. The fourth-order valence-corrected chi connectivity index (χ4v) is 1.61. The van der Waals surface area contributed by atoms with Gasteiger partial charge in [0.1, 0.15) is 11.4 Å². The molecule has 1 amide bonds. The van der Waals surface area contributed by atoms with Gasteiger partial charge in [-0.05, 0) is 57.9 Å². The van der Waals surface area contributed by atoms with Crippen molar-refractivity contribution in [1.29, 1.82) is 0 Å². The molecule has 0 saturated carbocycles. The lowest BCUT2D eigenvalue weighted by atomic mass is 10.1. The molecule has 0 fully saturated rings. The van der Waals surface area contributed by atoms with E-state index in [0.717, 1.165) is 0 Å². The van der Waals surface area contributed by atoms with Gasteiger partial charge in [0, 0.05) is 11.7 Å². The van der Waals surface area contributed by atoms with Crippen LogP contribution in [-0.2, 0) is 11.2 Å². The first-order chi connectivity index (χ1) is 8.67. The van der Waals surface area contributed by atoms with E-state index in [9.17, 15) is 9.18 Å². The lowest BCUT2D eigenvalue weighted by Gasteiger charge is -2.20. The summed E-state index contributed by atoms with van der Waals surface area (Å²) in [4.78, 5) is 11.7. The van der Waals surface area contributed by atoms with E-state index in [2.05, 4.69) is 5.32 Å². The van der Waals surface area contributed by atoms with Crippen molar-refractivity contribution in [3.05, 3.63) is 29.6 Å². The van der Waals surface area contributed by atoms with Crippen LogP contribution in [0.1, 0.15) is 33.3 Å². The van der Waals surface area contributed by atoms with Crippen LogP contribution in [0.2, 0.25) is 0 Å². The van der Waals surface area contributed by atoms with E-state index in [1.165, 1.54) is 18.2 Å². The number of ether oxygens (including phenoxy) is 1. The highest BCUT2D eigenvalue weighted by atomic mass is 19.1. The summed E-state index contributed by atoms with van der Waals surface area (Å²) in [6.45, 7) is 7.16. The number of benzene rings is 1. The lowest BCUT2D eigenvalue weighted by molar-refractivity contribution is 0.0635. The maximum Gasteiger partial charge on any atom is 0.412 e. The smallest absolute Gasteiger partial charge is 0.412 e. The van der Waals surface area contributed by atoms with E-state index >= 15 is 0 Å². The Hall–Kier alpha value is -1.62. The zero-order chi connectivity index (χ0) is 14.6. The highest BCUT2D eigenvalue weighted by molar-refractivity contribution is 5.86. The SMILES string of the molecule is C[C@H](N)Cc1cc(F)ccc1NC(=O)OC(C)(C)C. The van der Waals surface area contributed by atoms with E-state index in [1.54, 1.807) is 20.8 Å². The van der Waals surface area contributed by atoms with Crippen LogP contribution in [0, 0.1) is 5.82 Å². The molecule has 3 N–H and O–H groups in total. The minimum absolute atomic E-state index is 0.124. The first-order valence-electron chi connectivity index (χ1n) is 6.21. The average molecular weight is 268 g/mol. The Morgan fingerprint density at radius 1 is 1.47 bits per heavy atom. The summed E-state index contributed by atoms with van der Waals surface area (Å²) in [5.41, 5.74) is 6.31. The molecule has 1 rings (SSSR count). The van der Waals surface area contributed by atoms with Crippen molar-refractivity contribution in [1.82, 2.24) is 0 Å². The predicted molar refractivity (Wildman–Crippen MR) is 73.6 cm³/mol. The highest BCUT2D eigenvalue weighted by Crippen LogP contribution is 2.19. The van der Waals surface area contributed by atoms with Gasteiger partial charge >= 0.3 is 6.09 Å². The average Bonchev–Trinajstić information content (AvgIpc) is 2.18. The van der Waals surface area contributed by atoms with Crippen LogP contribution in [0.4, 0.5) is 14.9 Å². The van der Waals surface area contributed by atoms with E-state index in [4.69, 9.17) is 10.5 Å². The number of rotatable bonds is 3. The van der Waals surface area contributed by atoms with E-state index in [0.29, 0.717) is 17.7 Å². The van der Waals surface area contributed by atoms with Gasteiger partial charge < -0.3 is 10.5 Å². The van der Waals surface area contributed by atoms with Crippen molar-refractivity contribution in [2.75, 3.05) is 5.32 Å². The van der Waals surface area contributed by atoms with E-state index in [-0.39, 0.29) is 11.9 Å².